The molecule has 0 aliphatic heterocycles. The van der Waals surface area contributed by atoms with Gasteiger partial charge in [0.05, 0.1) is 5.56 Å². The molecule has 0 aliphatic carbocycles. The van der Waals surface area contributed by atoms with Gasteiger partial charge in [-0.2, -0.15) is 0 Å². The van der Waals surface area contributed by atoms with Gasteiger partial charge in [0.2, 0.25) is 0 Å². The van der Waals surface area contributed by atoms with Gasteiger partial charge in [-0.3, -0.25) is 0 Å². The van der Waals surface area contributed by atoms with Gasteiger partial charge >= 0.3 is 0 Å². The fourth-order valence-corrected chi connectivity index (χ4v) is 2.08. The summed E-state index contributed by atoms with van der Waals surface area (Å²) >= 11 is 0. The summed E-state index contributed by atoms with van der Waals surface area (Å²) in [7, 11) is 1.99. The van der Waals surface area contributed by atoms with Gasteiger partial charge in [-0.25, -0.2) is 4.98 Å². The van der Waals surface area contributed by atoms with E-state index in [0.717, 1.165) is 24.4 Å². The normalized spacial score (nSPS) is 11.9. The molecule has 0 unspecified atom stereocenters. The quantitative estimate of drug-likeness (QED) is 0.363. The molecule has 0 atom stereocenters. The van der Waals surface area contributed by atoms with Crippen molar-refractivity contribution in [3.63, 3.8) is 0 Å². The first kappa shape index (κ1) is 14.3. The van der Waals surface area contributed by atoms with Crippen LogP contribution >= 0.6 is 0 Å². The Morgan fingerprint density at radius 2 is 2.06 bits per heavy atom. The topological polar surface area (TPSA) is 74.7 Å². The zero-order valence-corrected chi connectivity index (χ0v) is 11.5. The van der Waals surface area contributed by atoms with Crippen molar-refractivity contribution in [2.45, 2.75) is 39.7 Å². The van der Waals surface area contributed by atoms with E-state index in [1.54, 1.807) is 0 Å². The van der Waals surface area contributed by atoms with Crippen LogP contribution in [0.15, 0.2) is 17.3 Å². The zero-order valence-electron chi connectivity index (χ0n) is 11.5. The number of nitrogens with two attached hydrogens (primary N) is 1. The lowest BCUT2D eigenvalue weighted by atomic mass is 10.1. The van der Waals surface area contributed by atoms with Gasteiger partial charge in [0.15, 0.2) is 5.84 Å². The van der Waals surface area contributed by atoms with Crippen molar-refractivity contribution in [3.8, 4) is 0 Å². The number of oxime groups is 1. The van der Waals surface area contributed by atoms with Crippen molar-refractivity contribution in [1.29, 1.82) is 0 Å². The molecular formula is C13H22N4O. The molecule has 0 saturated carbocycles. The van der Waals surface area contributed by atoms with Crippen LogP contribution in [0.1, 0.15) is 37.9 Å². The molecule has 0 saturated heterocycles. The lowest BCUT2D eigenvalue weighted by Crippen LogP contribution is -2.33. The van der Waals surface area contributed by atoms with E-state index in [1.165, 1.54) is 0 Å². The predicted octanol–water partition coefficient (Wildman–Crippen LogP) is 2.11. The molecule has 0 spiro atoms. The lowest BCUT2D eigenvalue weighted by Gasteiger charge is -2.29. The van der Waals surface area contributed by atoms with Crippen molar-refractivity contribution in [2.75, 3.05) is 11.9 Å². The summed E-state index contributed by atoms with van der Waals surface area (Å²) in [4.78, 5) is 6.61. The molecule has 18 heavy (non-hydrogen) atoms. The van der Waals surface area contributed by atoms with Crippen LogP contribution in [-0.2, 0) is 0 Å². The molecule has 5 nitrogen and oxygen atoms in total. The van der Waals surface area contributed by atoms with Crippen LogP contribution in [0, 0.1) is 6.92 Å². The number of hydrogen-bond acceptors (Lipinski definition) is 4. The number of aryl methyl sites for hydroxylation is 1. The van der Waals surface area contributed by atoms with Crippen molar-refractivity contribution in [3.05, 3.63) is 23.4 Å². The molecule has 1 aromatic heterocycles. The van der Waals surface area contributed by atoms with Gasteiger partial charge in [-0.15, -0.1) is 0 Å². The Bertz CT molecular complexity index is 427. The summed E-state index contributed by atoms with van der Waals surface area (Å²) in [6, 6.07) is 4.09. The average molecular weight is 250 g/mol. The van der Waals surface area contributed by atoms with E-state index in [-0.39, 0.29) is 5.84 Å². The molecule has 3 N–H and O–H groups in total. The molecule has 1 rings (SSSR count). The fraction of sp³-hybridized carbons (Fsp3) is 0.538. The van der Waals surface area contributed by atoms with E-state index in [1.807, 2.05) is 26.1 Å². The monoisotopic (exact) mass is 250 g/mol. The summed E-state index contributed by atoms with van der Waals surface area (Å²) in [5.41, 5.74) is 7.28. The number of amidine groups is 1. The maximum atomic E-state index is 8.83. The summed E-state index contributed by atoms with van der Waals surface area (Å²) in [5, 5.41) is 11.9. The number of anilines is 1. The van der Waals surface area contributed by atoms with Crippen LogP contribution in [0.4, 0.5) is 5.82 Å². The van der Waals surface area contributed by atoms with E-state index >= 15 is 0 Å². The Morgan fingerprint density at radius 1 is 1.44 bits per heavy atom. The lowest BCUT2D eigenvalue weighted by molar-refractivity contribution is 0.318. The highest BCUT2D eigenvalue weighted by Gasteiger charge is 2.18. The van der Waals surface area contributed by atoms with Gasteiger partial charge in [0.25, 0.3) is 0 Å². The Kier molecular flexibility index (Phi) is 4.95. The number of rotatable bonds is 5. The van der Waals surface area contributed by atoms with Gasteiger partial charge in [0, 0.05) is 18.8 Å². The Morgan fingerprint density at radius 3 is 2.56 bits per heavy atom. The molecule has 0 radical (unpaired) electrons. The summed E-state index contributed by atoms with van der Waals surface area (Å²) < 4.78 is 0. The second-order valence-corrected chi connectivity index (χ2v) is 4.39. The van der Waals surface area contributed by atoms with Crippen molar-refractivity contribution >= 4 is 11.7 Å². The SMILES string of the molecule is CCC(CC)N(C)c1nc(C)ccc1C(N)=NO. The molecule has 0 aromatic carbocycles. The maximum absolute atomic E-state index is 8.83. The Labute approximate surface area is 108 Å². The molecule has 0 aliphatic rings. The highest BCUT2D eigenvalue weighted by atomic mass is 16.4. The van der Waals surface area contributed by atoms with E-state index in [2.05, 4.69) is 28.9 Å². The third-order valence-corrected chi connectivity index (χ3v) is 3.22. The van der Waals surface area contributed by atoms with E-state index < -0.39 is 0 Å². The van der Waals surface area contributed by atoms with Crippen molar-refractivity contribution in [1.82, 2.24) is 4.98 Å². The first-order valence-corrected chi connectivity index (χ1v) is 6.23. The van der Waals surface area contributed by atoms with E-state index in [4.69, 9.17) is 10.9 Å². The number of nitrogens with zero attached hydrogens (tertiary/aromatic N) is 3. The van der Waals surface area contributed by atoms with E-state index in [9.17, 15) is 0 Å². The third-order valence-electron chi connectivity index (χ3n) is 3.22. The molecule has 1 aromatic rings. The molecule has 0 amide bonds. The van der Waals surface area contributed by atoms with Crippen LogP contribution in [-0.4, -0.2) is 29.1 Å². The zero-order chi connectivity index (χ0) is 13.7. The van der Waals surface area contributed by atoms with Crippen LogP contribution in [0.2, 0.25) is 0 Å². The van der Waals surface area contributed by atoms with Gasteiger partial charge < -0.3 is 15.8 Å². The smallest absolute Gasteiger partial charge is 0.173 e. The second kappa shape index (κ2) is 6.23. The standard InChI is InChI=1S/C13H22N4O/c1-5-10(6-2)17(4)13-11(12(14)16-18)8-7-9(3)15-13/h7-8,10,18H,5-6H2,1-4H3,(H2,14,16). The first-order valence-electron chi connectivity index (χ1n) is 6.23. The minimum absolute atomic E-state index is 0.0929. The van der Waals surface area contributed by atoms with Crippen LogP contribution in [0.3, 0.4) is 0 Å². The molecule has 1 heterocycles. The highest BCUT2D eigenvalue weighted by Crippen LogP contribution is 2.21. The summed E-state index contributed by atoms with van der Waals surface area (Å²) in [5.74, 6) is 0.856. The average Bonchev–Trinajstić information content (AvgIpc) is 2.39. The second-order valence-electron chi connectivity index (χ2n) is 4.39. The van der Waals surface area contributed by atoms with Crippen molar-refractivity contribution in [2.24, 2.45) is 10.9 Å². The van der Waals surface area contributed by atoms with Gasteiger partial charge in [0.1, 0.15) is 5.82 Å². The molecule has 5 heteroatoms. The number of pyridine rings is 1. The first-order chi connectivity index (χ1) is 8.54. The van der Waals surface area contributed by atoms with Gasteiger partial charge in [-0.1, -0.05) is 19.0 Å². The van der Waals surface area contributed by atoms with E-state index in [0.29, 0.717) is 11.6 Å². The van der Waals surface area contributed by atoms with Crippen LogP contribution in [0.25, 0.3) is 0 Å². The highest BCUT2D eigenvalue weighted by molar-refractivity contribution is 6.01. The Hall–Kier alpha value is -1.78. The molecular weight excluding hydrogens is 228 g/mol. The fourth-order valence-electron chi connectivity index (χ4n) is 2.08. The van der Waals surface area contributed by atoms with Crippen LogP contribution < -0.4 is 10.6 Å². The minimum Gasteiger partial charge on any atom is -0.409 e. The Balaban J connectivity index is 3.24. The predicted molar refractivity (Wildman–Crippen MR) is 74.3 cm³/mol. The summed E-state index contributed by atoms with van der Waals surface area (Å²) in [6.45, 7) is 6.22. The number of aromatic nitrogens is 1. The summed E-state index contributed by atoms with van der Waals surface area (Å²) in [6.07, 6.45) is 2.05. The third kappa shape index (κ3) is 2.91. The van der Waals surface area contributed by atoms with Gasteiger partial charge in [-0.05, 0) is 31.9 Å². The molecule has 0 fully saturated rings. The van der Waals surface area contributed by atoms with Crippen LogP contribution in [0.5, 0.6) is 0 Å². The molecule has 100 valence electrons. The largest absolute Gasteiger partial charge is 0.409 e. The number of hydrogen-bond donors (Lipinski definition) is 2. The van der Waals surface area contributed by atoms with Crippen molar-refractivity contribution < 1.29 is 5.21 Å². The maximum Gasteiger partial charge on any atom is 0.173 e. The minimum atomic E-state index is 0.0929. The molecule has 0 bridgehead atoms.